The van der Waals surface area contributed by atoms with Crippen molar-refractivity contribution in [2.24, 2.45) is 5.16 Å². The molecule has 9 heteroatoms. The predicted octanol–water partition coefficient (Wildman–Crippen LogP) is 17.5. The zero-order valence-corrected chi connectivity index (χ0v) is 41.7. The lowest BCUT2D eigenvalue weighted by molar-refractivity contribution is 0.257. The van der Waals surface area contributed by atoms with Gasteiger partial charge in [-0.05, 0) is 74.2 Å². The fourth-order valence-corrected chi connectivity index (χ4v) is 7.91. The maximum atomic E-state index is 10.3. The molecule has 0 unspecified atom stereocenters. The van der Waals surface area contributed by atoms with E-state index in [9.17, 15) is 5.21 Å². The number of benzene rings is 4. The molecule has 4 rings (SSSR count). The minimum atomic E-state index is 0.0312. The van der Waals surface area contributed by atoms with Gasteiger partial charge < -0.3 is 33.6 Å². The fraction of sp³-hybridized carbons (Fsp3) is 0.552. The van der Waals surface area contributed by atoms with Crippen LogP contribution in [-0.4, -0.2) is 43.1 Å². The summed E-state index contributed by atoms with van der Waals surface area (Å²) in [6.07, 6.45) is 28.6. The summed E-state index contributed by atoms with van der Waals surface area (Å²) in [7, 11) is 0. The van der Waals surface area contributed by atoms with Gasteiger partial charge in [0.1, 0.15) is 28.7 Å². The second-order valence-electron chi connectivity index (χ2n) is 17.8. The summed E-state index contributed by atoms with van der Waals surface area (Å²) in [4.78, 5) is 0. The van der Waals surface area contributed by atoms with Crippen molar-refractivity contribution in [2.45, 2.75) is 182 Å². The molecule has 0 fully saturated rings. The van der Waals surface area contributed by atoms with E-state index in [1.165, 1.54) is 103 Å². The SMILES string of the molecule is CCCCCCCCOc1ccc(Oc2cccc(C(=N)/C(=N/O)c3cccc(Oc4ccc(OCCCCCCCC)c(OCCCCCCCC)c4)c3)c2)cc1OCCCCCCCC. The molecule has 0 saturated carbocycles. The van der Waals surface area contributed by atoms with Crippen LogP contribution in [0.4, 0.5) is 0 Å². The van der Waals surface area contributed by atoms with E-state index in [2.05, 4.69) is 32.9 Å². The van der Waals surface area contributed by atoms with E-state index in [0.29, 0.717) is 72.1 Å². The van der Waals surface area contributed by atoms with Crippen LogP contribution in [0.3, 0.4) is 0 Å². The molecule has 0 bridgehead atoms. The van der Waals surface area contributed by atoms with Gasteiger partial charge in [0, 0.05) is 23.3 Å². The second-order valence-corrected chi connectivity index (χ2v) is 17.8. The molecule has 9 nitrogen and oxygen atoms in total. The minimum absolute atomic E-state index is 0.0312. The molecule has 0 spiro atoms. The average molecular weight is 921 g/mol. The topological polar surface area (TPSA) is 112 Å². The number of hydrogen-bond donors (Lipinski definition) is 2. The summed E-state index contributed by atoms with van der Waals surface area (Å²) < 4.78 is 37.8. The first-order chi connectivity index (χ1) is 33.0. The van der Waals surface area contributed by atoms with Crippen LogP contribution in [0, 0.1) is 5.41 Å². The van der Waals surface area contributed by atoms with Crippen LogP contribution >= 0.6 is 0 Å². The van der Waals surface area contributed by atoms with Crippen molar-refractivity contribution in [2.75, 3.05) is 26.4 Å². The van der Waals surface area contributed by atoms with Crippen LogP contribution in [-0.2, 0) is 0 Å². The van der Waals surface area contributed by atoms with Crippen molar-refractivity contribution in [3.8, 4) is 46.0 Å². The van der Waals surface area contributed by atoms with Crippen molar-refractivity contribution >= 4 is 11.4 Å². The van der Waals surface area contributed by atoms with Crippen LogP contribution in [0.1, 0.15) is 193 Å². The molecule has 4 aromatic rings. The number of unbranched alkanes of at least 4 members (excludes halogenated alkanes) is 20. The van der Waals surface area contributed by atoms with E-state index in [1.54, 1.807) is 24.3 Å². The molecule has 2 N–H and O–H groups in total. The molecule has 0 aromatic heterocycles. The van der Waals surface area contributed by atoms with E-state index in [1.807, 2.05) is 60.7 Å². The Hall–Kier alpha value is -5.18. The van der Waals surface area contributed by atoms with Crippen molar-refractivity contribution in [1.82, 2.24) is 0 Å². The van der Waals surface area contributed by atoms with Gasteiger partial charge in [-0.2, -0.15) is 0 Å². The third-order valence-electron chi connectivity index (χ3n) is 11.9. The number of oxime groups is 1. The van der Waals surface area contributed by atoms with Gasteiger partial charge in [-0.1, -0.05) is 186 Å². The van der Waals surface area contributed by atoms with Gasteiger partial charge in [-0.15, -0.1) is 0 Å². The predicted molar refractivity (Wildman–Crippen MR) is 277 cm³/mol. The number of hydrogen-bond acceptors (Lipinski definition) is 9. The number of ether oxygens (including phenoxy) is 6. The van der Waals surface area contributed by atoms with Crippen LogP contribution in [0.25, 0.3) is 0 Å². The van der Waals surface area contributed by atoms with Crippen LogP contribution in [0.5, 0.6) is 46.0 Å². The Morgan fingerprint density at radius 2 is 0.716 bits per heavy atom. The molecule has 67 heavy (non-hydrogen) atoms. The molecule has 0 radical (unpaired) electrons. The molecular weight excluding hydrogens is 837 g/mol. The van der Waals surface area contributed by atoms with Crippen LogP contribution < -0.4 is 28.4 Å². The van der Waals surface area contributed by atoms with Gasteiger partial charge >= 0.3 is 0 Å². The zero-order chi connectivity index (χ0) is 47.6. The first-order valence-corrected chi connectivity index (χ1v) is 26.2. The quantitative estimate of drug-likeness (QED) is 0.0198. The number of rotatable bonds is 39. The highest BCUT2D eigenvalue weighted by Gasteiger charge is 2.17. The Morgan fingerprint density at radius 3 is 1.10 bits per heavy atom. The average Bonchev–Trinajstić information content (AvgIpc) is 3.34. The fourth-order valence-electron chi connectivity index (χ4n) is 7.91. The first kappa shape index (κ1) is 54.4. The molecule has 0 aliphatic heterocycles. The Labute approximate surface area is 404 Å². The standard InChI is InChI=1S/C58H84N2O7/c1-5-9-13-17-21-25-39-62-53-37-35-51(45-55(53)64-41-27-23-19-15-11-7-3)66-49-33-29-31-47(43-49)57(59)58(60-61)48-32-30-34-50(44-48)67-52-36-38-54(63-40-26-22-18-14-10-6-2)56(46-52)65-42-28-24-20-16-12-8-4/h29-38,43-46,59,61H,5-28,39-42H2,1-4H3/b59-57?,60-58+. The molecule has 0 amide bonds. The second kappa shape index (κ2) is 34.2. The smallest absolute Gasteiger partial charge is 0.164 e. The van der Waals surface area contributed by atoms with Gasteiger partial charge in [0.2, 0.25) is 0 Å². The van der Waals surface area contributed by atoms with E-state index < -0.39 is 0 Å². The zero-order valence-electron chi connectivity index (χ0n) is 41.7. The largest absolute Gasteiger partial charge is 0.490 e. The van der Waals surface area contributed by atoms with Crippen molar-refractivity contribution in [1.29, 1.82) is 5.41 Å². The van der Waals surface area contributed by atoms with Gasteiger partial charge in [-0.25, -0.2) is 0 Å². The highest BCUT2D eigenvalue weighted by Crippen LogP contribution is 2.36. The van der Waals surface area contributed by atoms with Crippen molar-refractivity contribution in [3.63, 3.8) is 0 Å². The summed E-state index contributed by atoms with van der Waals surface area (Å²) in [6.45, 7) is 11.5. The van der Waals surface area contributed by atoms with Gasteiger partial charge in [0.25, 0.3) is 0 Å². The van der Waals surface area contributed by atoms with Gasteiger partial charge in [0.15, 0.2) is 23.0 Å². The molecular formula is C58H84N2O7. The minimum Gasteiger partial charge on any atom is -0.490 e. The normalized spacial score (nSPS) is 11.4. The van der Waals surface area contributed by atoms with Crippen molar-refractivity contribution < 1.29 is 33.6 Å². The third kappa shape index (κ3) is 21.5. The lowest BCUT2D eigenvalue weighted by Gasteiger charge is -2.16. The summed E-state index contributed by atoms with van der Waals surface area (Å²) in [6, 6.07) is 25.9. The Kier molecular flexibility index (Phi) is 27.7. The highest BCUT2D eigenvalue weighted by atomic mass is 16.5. The lowest BCUT2D eigenvalue weighted by atomic mass is 9.99. The molecule has 0 aliphatic carbocycles. The molecule has 4 aromatic carbocycles. The Bertz CT molecular complexity index is 1980. The molecule has 0 heterocycles. The first-order valence-electron chi connectivity index (χ1n) is 26.2. The lowest BCUT2D eigenvalue weighted by Crippen LogP contribution is -2.16. The van der Waals surface area contributed by atoms with E-state index in [4.69, 9.17) is 33.8 Å². The highest BCUT2D eigenvalue weighted by molar-refractivity contribution is 6.52. The molecule has 0 saturated heterocycles. The third-order valence-corrected chi connectivity index (χ3v) is 11.9. The summed E-state index contributed by atoms with van der Waals surface area (Å²) in [5, 5.41) is 23.1. The van der Waals surface area contributed by atoms with E-state index in [-0.39, 0.29) is 11.4 Å². The van der Waals surface area contributed by atoms with E-state index in [0.717, 1.165) is 62.9 Å². The number of nitrogens with zero attached hydrogens (tertiary/aromatic N) is 1. The van der Waals surface area contributed by atoms with Gasteiger partial charge in [0.05, 0.1) is 32.1 Å². The molecule has 0 atom stereocenters. The number of nitrogens with one attached hydrogen (secondary N) is 1. The Morgan fingerprint density at radius 1 is 0.388 bits per heavy atom. The van der Waals surface area contributed by atoms with Crippen molar-refractivity contribution in [3.05, 3.63) is 96.1 Å². The van der Waals surface area contributed by atoms with Gasteiger partial charge in [-0.3, -0.25) is 5.41 Å². The maximum absolute atomic E-state index is 10.3. The summed E-state index contributed by atoms with van der Waals surface area (Å²) in [5.74, 6) is 5.03. The molecule has 368 valence electrons. The van der Waals surface area contributed by atoms with Crippen LogP contribution in [0.2, 0.25) is 0 Å². The Balaban J connectivity index is 1.42. The summed E-state index contributed by atoms with van der Waals surface area (Å²) in [5.41, 5.74) is 1.18. The monoisotopic (exact) mass is 921 g/mol. The van der Waals surface area contributed by atoms with Crippen LogP contribution in [0.15, 0.2) is 90.1 Å². The maximum Gasteiger partial charge on any atom is 0.164 e. The molecule has 0 aliphatic rings. The van der Waals surface area contributed by atoms with E-state index >= 15 is 0 Å². The summed E-state index contributed by atoms with van der Waals surface area (Å²) >= 11 is 0.